The van der Waals surface area contributed by atoms with Crippen molar-refractivity contribution in [1.82, 2.24) is 10.2 Å². The van der Waals surface area contributed by atoms with Crippen LogP contribution in [-0.2, 0) is 47.8 Å². The fourth-order valence-electron chi connectivity index (χ4n) is 5.55. The molecule has 48 heavy (non-hydrogen) atoms. The van der Waals surface area contributed by atoms with Gasteiger partial charge in [-0.15, -0.1) is 0 Å². The third-order valence-electron chi connectivity index (χ3n) is 8.21. The summed E-state index contributed by atoms with van der Waals surface area (Å²) in [5.41, 5.74) is 4.73. The van der Waals surface area contributed by atoms with E-state index in [4.69, 9.17) is 20.3 Å². The van der Waals surface area contributed by atoms with Gasteiger partial charge in [-0.3, -0.25) is 33.6 Å². The molecule has 0 aliphatic carbocycles. The average Bonchev–Trinajstić information content (AvgIpc) is 3.42. The van der Waals surface area contributed by atoms with Gasteiger partial charge in [0.1, 0.15) is 12.6 Å². The minimum Gasteiger partial charge on any atom is -0.480 e. The van der Waals surface area contributed by atoms with Gasteiger partial charge in [0.05, 0.1) is 31.1 Å². The summed E-state index contributed by atoms with van der Waals surface area (Å²) in [5, 5.41) is 11.6. The molecule has 5 atom stereocenters. The van der Waals surface area contributed by atoms with Crippen LogP contribution >= 0.6 is 0 Å². The number of carbonyl (C=O) groups excluding carboxylic acids is 7. The van der Waals surface area contributed by atoms with Crippen LogP contribution in [0.15, 0.2) is 0 Å². The Morgan fingerprint density at radius 3 is 2.10 bits per heavy atom. The normalized spacial score (nSPS) is 18.2. The Kier molecular flexibility index (Phi) is 17.1. The Morgan fingerprint density at radius 1 is 0.979 bits per heavy atom. The number of rotatable bonds is 21. The molecule has 3 unspecified atom stereocenters. The van der Waals surface area contributed by atoms with E-state index in [1.54, 1.807) is 41.5 Å². The Labute approximate surface area is 283 Å². The van der Waals surface area contributed by atoms with E-state index in [1.807, 2.05) is 13.8 Å². The van der Waals surface area contributed by atoms with E-state index < -0.39 is 95.5 Å². The lowest BCUT2D eigenvalue weighted by Crippen LogP contribution is -2.52. The van der Waals surface area contributed by atoms with Gasteiger partial charge in [0, 0.05) is 38.1 Å². The first-order valence-electron chi connectivity index (χ1n) is 16.7. The minimum atomic E-state index is -1.22. The standard InChI is InChI=1S/C34H55N3O11/c1-9-10-21(30(44)25(38)11-12-27(40)36-31(32(35)45)34(6,7)8)13-26(39)24-14-22(47-18-28(41)42)16-37(24)33(46)23(20(4)5)15-29(43)48-17-19(2)3/h19-24,31H,9-18H2,1-8H3,(H2,35,45)(H,36,40)(H,41,42)/t21?,22-,23?,24+,31?/m1/s1. The van der Waals surface area contributed by atoms with E-state index in [2.05, 4.69) is 5.32 Å². The molecule has 1 aliphatic heterocycles. The third kappa shape index (κ3) is 13.8. The molecule has 0 aromatic heterocycles. The van der Waals surface area contributed by atoms with Gasteiger partial charge >= 0.3 is 11.9 Å². The number of esters is 1. The number of amides is 3. The molecule has 0 saturated carbocycles. The lowest BCUT2D eigenvalue weighted by Gasteiger charge is -2.30. The first-order chi connectivity index (χ1) is 22.2. The summed E-state index contributed by atoms with van der Waals surface area (Å²) in [6.07, 6.45) is -1.50. The number of nitrogens with two attached hydrogens (primary N) is 1. The van der Waals surface area contributed by atoms with Crippen molar-refractivity contribution in [1.29, 1.82) is 0 Å². The number of carboxylic acid groups (broad SMARTS) is 1. The van der Waals surface area contributed by atoms with Crippen LogP contribution in [0.25, 0.3) is 0 Å². The molecule has 14 nitrogen and oxygen atoms in total. The van der Waals surface area contributed by atoms with Crippen molar-refractivity contribution in [3.8, 4) is 0 Å². The number of hydrogen-bond donors (Lipinski definition) is 3. The molecule has 0 spiro atoms. The maximum atomic E-state index is 13.8. The van der Waals surface area contributed by atoms with E-state index >= 15 is 0 Å². The molecule has 1 aliphatic rings. The monoisotopic (exact) mass is 681 g/mol. The van der Waals surface area contributed by atoms with Crippen molar-refractivity contribution in [2.24, 2.45) is 34.8 Å². The van der Waals surface area contributed by atoms with Crippen molar-refractivity contribution in [3.63, 3.8) is 0 Å². The molecule has 1 heterocycles. The second kappa shape index (κ2) is 19.4. The summed E-state index contributed by atoms with van der Waals surface area (Å²) < 4.78 is 10.7. The van der Waals surface area contributed by atoms with Gasteiger partial charge < -0.3 is 30.5 Å². The lowest BCUT2D eigenvalue weighted by atomic mass is 9.86. The van der Waals surface area contributed by atoms with Crippen LogP contribution in [0.4, 0.5) is 0 Å². The summed E-state index contributed by atoms with van der Waals surface area (Å²) in [6.45, 7) is 13.7. The summed E-state index contributed by atoms with van der Waals surface area (Å²) in [6, 6.07) is -2.05. The van der Waals surface area contributed by atoms with Gasteiger partial charge in [0.2, 0.25) is 23.5 Å². The second-order valence-electron chi connectivity index (χ2n) is 14.4. The maximum absolute atomic E-state index is 13.8. The molecular weight excluding hydrogens is 626 g/mol. The summed E-state index contributed by atoms with van der Waals surface area (Å²) in [7, 11) is 0. The van der Waals surface area contributed by atoms with Gasteiger partial charge in [-0.2, -0.15) is 0 Å². The number of ketones is 3. The molecule has 3 amide bonds. The molecule has 14 heteroatoms. The molecule has 0 bridgehead atoms. The predicted octanol–water partition coefficient (Wildman–Crippen LogP) is 2.23. The number of nitrogens with zero attached hydrogens (tertiary/aromatic N) is 1. The highest BCUT2D eigenvalue weighted by Gasteiger charge is 2.44. The number of primary amides is 1. The van der Waals surface area contributed by atoms with Gasteiger partial charge in [-0.05, 0) is 23.7 Å². The zero-order valence-corrected chi connectivity index (χ0v) is 29.7. The van der Waals surface area contributed by atoms with Gasteiger partial charge in [0.15, 0.2) is 11.6 Å². The quantitative estimate of drug-likeness (QED) is 0.118. The van der Waals surface area contributed by atoms with Crippen LogP contribution in [0.3, 0.4) is 0 Å². The first kappa shape index (κ1) is 42.3. The molecule has 1 saturated heterocycles. The summed E-state index contributed by atoms with van der Waals surface area (Å²) >= 11 is 0. The molecule has 1 fully saturated rings. The van der Waals surface area contributed by atoms with Crippen molar-refractivity contribution in [2.45, 2.75) is 119 Å². The number of ether oxygens (including phenoxy) is 2. The highest BCUT2D eigenvalue weighted by atomic mass is 16.5. The number of likely N-dealkylation sites (tertiary alicyclic amines) is 1. The third-order valence-corrected chi connectivity index (χ3v) is 8.21. The van der Waals surface area contributed by atoms with E-state index in [-0.39, 0.29) is 57.1 Å². The average molecular weight is 682 g/mol. The summed E-state index contributed by atoms with van der Waals surface area (Å²) in [5.74, 6) is -7.82. The van der Waals surface area contributed by atoms with Crippen molar-refractivity contribution in [3.05, 3.63) is 0 Å². The van der Waals surface area contributed by atoms with Crippen LogP contribution in [0.2, 0.25) is 0 Å². The Bertz CT molecular complexity index is 1190. The largest absolute Gasteiger partial charge is 0.480 e. The number of hydrogen-bond acceptors (Lipinski definition) is 10. The smallest absolute Gasteiger partial charge is 0.329 e. The highest BCUT2D eigenvalue weighted by Crippen LogP contribution is 2.30. The van der Waals surface area contributed by atoms with Crippen LogP contribution in [0.1, 0.15) is 100 Å². The Hall–Kier alpha value is -3.68. The number of aliphatic carboxylic acids is 1. The first-order valence-corrected chi connectivity index (χ1v) is 16.7. The molecule has 1 rings (SSSR count). The van der Waals surface area contributed by atoms with Crippen molar-refractivity contribution >= 4 is 47.0 Å². The molecule has 4 N–H and O–H groups in total. The summed E-state index contributed by atoms with van der Waals surface area (Å²) in [4.78, 5) is 103. The predicted molar refractivity (Wildman–Crippen MR) is 174 cm³/mol. The van der Waals surface area contributed by atoms with E-state index in [9.17, 15) is 38.4 Å². The zero-order valence-electron chi connectivity index (χ0n) is 29.7. The Balaban J connectivity index is 3.12. The van der Waals surface area contributed by atoms with Crippen LogP contribution < -0.4 is 11.1 Å². The van der Waals surface area contributed by atoms with Gasteiger partial charge in [-0.25, -0.2) is 4.79 Å². The van der Waals surface area contributed by atoms with Crippen LogP contribution in [0, 0.1) is 29.1 Å². The number of nitrogens with one attached hydrogen (secondary N) is 1. The zero-order chi connectivity index (χ0) is 36.9. The molecule has 0 aromatic carbocycles. The van der Waals surface area contributed by atoms with E-state index in [0.29, 0.717) is 6.42 Å². The van der Waals surface area contributed by atoms with Gasteiger partial charge in [-0.1, -0.05) is 61.8 Å². The fraction of sp³-hybridized carbons (Fsp3) is 0.765. The van der Waals surface area contributed by atoms with E-state index in [1.165, 1.54) is 4.90 Å². The SMILES string of the molecule is CCCC(CC(=O)[C@@H]1C[C@@H](OCC(=O)O)CN1C(=O)C(CC(=O)OCC(C)C)C(C)C)C(=O)C(=O)CCC(=O)NC(C(N)=O)C(C)(C)C. The van der Waals surface area contributed by atoms with Crippen molar-refractivity contribution < 1.29 is 52.9 Å². The van der Waals surface area contributed by atoms with E-state index in [0.717, 1.165) is 0 Å². The minimum absolute atomic E-state index is 0.0174. The fourth-order valence-corrected chi connectivity index (χ4v) is 5.55. The highest BCUT2D eigenvalue weighted by molar-refractivity contribution is 6.38. The molecule has 0 aromatic rings. The molecule has 272 valence electrons. The van der Waals surface area contributed by atoms with Crippen molar-refractivity contribution in [2.75, 3.05) is 19.8 Å². The van der Waals surface area contributed by atoms with Crippen LogP contribution in [0.5, 0.6) is 0 Å². The molecular formula is C34H55N3O11. The number of carbonyl (C=O) groups is 8. The number of carboxylic acids is 1. The van der Waals surface area contributed by atoms with Gasteiger partial charge in [0.25, 0.3) is 0 Å². The Morgan fingerprint density at radius 2 is 1.60 bits per heavy atom. The lowest BCUT2D eigenvalue weighted by molar-refractivity contribution is -0.152. The number of Topliss-reactive ketones (excluding diaryl/α,β-unsaturated/α-hetero) is 3. The maximum Gasteiger partial charge on any atom is 0.329 e. The second-order valence-corrected chi connectivity index (χ2v) is 14.4. The molecule has 0 radical (unpaired) electrons. The van der Waals surface area contributed by atoms with Crippen LogP contribution in [-0.4, -0.2) is 95.0 Å². The topological polar surface area (TPSA) is 217 Å².